The fraction of sp³-hybridized carbons (Fsp3) is 0.533. The van der Waals surface area contributed by atoms with E-state index in [0.29, 0.717) is 13.1 Å². The quantitative estimate of drug-likeness (QED) is 0.778. The Kier molecular flexibility index (Phi) is 3.60. The molecule has 1 aromatic rings. The fourth-order valence-corrected chi connectivity index (χ4v) is 2.64. The van der Waals surface area contributed by atoms with Crippen LogP contribution in [0.5, 0.6) is 0 Å². The Labute approximate surface area is 112 Å². The van der Waals surface area contributed by atoms with Crippen LogP contribution in [0.2, 0.25) is 0 Å². The first kappa shape index (κ1) is 14.0. The molecule has 2 nitrogen and oxygen atoms in total. The van der Waals surface area contributed by atoms with Crippen molar-refractivity contribution in [1.82, 2.24) is 4.90 Å². The summed E-state index contributed by atoms with van der Waals surface area (Å²) < 4.78 is 27.7. The van der Waals surface area contributed by atoms with Crippen molar-refractivity contribution in [2.45, 2.75) is 32.2 Å². The smallest absolute Gasteiger partial charge is 0.129 e. The first-order valence-electron chi connectivity index (χ1n) is 6.43. The van der Waals surface area contributed by atoms with Crippen LogP contribution in [0.15, 0.2) is 18.2 Å². The van der Waals surface area contributed by atoms with Crippen LogP contribution in [0.25, 0.3) is 0 Å². The zero-order valence-corrected chi connectivity index (χ0v) is 11.5. The highest BCUT2D eigenvalue weighted by Crippen LogP contribution is 2.37. The molecule has 1 heterocycles. The molecular formula is C15H18F2N2. The largest absolute Gasteiger partial charge is 0.297 e. The van der Waals surface area contributed by atoms with E-state index in [2.05, 4.69) is 11.0 Å². The molecule has 0 unspecified atom stereocenters. The lowest BCUT2D eigenvalue weighted by molar-refractivity contribution is 0.170. The minimum Gasteiger partial charge on any atom is -0.297 e. The molecule has 2 atom stereocenters. The van der Waals surface area contributed by atoms with Gasteiger partial charge in [-0.3, -0.25) is 4.90 Å². The summed E-state index contributed by atoms with van der Waals surface area (Å²) in [6, 6.07) is 6.06. The Bertz CT molecular complexity index is 494. The molecule has 0 radical (unpaired) electrons. The molecule has 1 fully saturated rings. The van der Waals surface area contributed by atoms with Crippen molar-refractivity contribution in [2.75, 3.05) is 13.1 Å². The molecule has 0 aliphatic carbocycles. The molecule has 1 saturated heterocycles. The Morgan fingerprint density at radius 3 is 2.26 bits per heavy atom. The van der Waals surface area contributed by atoms with E-state index in [-0.39, 0.29) is 17.0 Å². The van der Waals surface area contributed by atoms with Gasteiger partial charge in [-0.2, -0.15) is 5.26 Å². The normalized spacial score (nSPS) is 24.4. The second-order valence-electron chi connectivity index (χ2n) is 6.05. The van der Waals surface area contributed by atoms with Gasteiger partial charge in [-0.15, -0.1) is 0 Å². The van der Waals surface area contributed by atoms with Crippen LogP contribution in [0.1, 0.15) is 32.3 Å². The van der Waals surface area contributed by atoms with Crippen molar-refractivity contribution in [1.29, 1.82) is 5.26 Å². The highest BCUT2D eigenvalue weighted by atomic mass is 19.1. The first-order chi connectivity index (χ1) is 8.84. The monoisotopic (exact) mass is 264 g/mol. The van der Waals surface area contributed by atoms with Gasteiger partial charge in [-0.25, -0.2) is 8.78 Å². The number of benzene rings is 1. The molecule has 2 rings (SSSR count). The molecule has 19 heavy (non-hydrogen) atoms. The van der Waals surface area contributed by atoms with Crippen LogP contribution < -0.4 is 0 Å². The van der Waals surface area contributed by atoms with Crippen LogP contribution in [-0.2, 0) is 0 Å². The van der Waals surface area contributed by atoms with Crippen LogP contribution in [0.4, 0.5) is 8.78 Å². The van der Waals surface area contributed by atoms with Gasteiger partial charge in [-0.05, 0) is 32.9 Å². The SMILES string of the molecule is CC(C)(C)N1C[C@@H](C#N)[C@H](c2c(F)cccc2F)C1. The lowest BCUT2D eigenvalue weighted by atomic mass is 9.89. The lowest BCUT2D eigenvalue weighted by Crippen LogP contribution is -2.39. The predicted octanol–water partition coefficient (Wildman–Crippen LogP) is 3.30. The van der Waals surface area contributed by atoms with E-state index >= 15 is 0 Å². The molecule has 4 heteroatoms. The summed E-state index contributed by atoms with van der Waals surface area (Å²) in [6.07, 6.45) is 0. The summed E-state index contributed by atoms with van der Waals surface area (Å²) in [5.41, 5.74) is -0.0493. The van der Waals surface area contributed by atoms with Crippen molar-refractivity contribution in [3.63, 3.8) is 0 Å². The molecular weight excluding hydrogens is 246 g/mol. The third-order valence-electron chi connectivity index (χ3n) is 3.80. The standard InChI is InChI=1S/C15H18F2N2/c1-15(2,3)19-8-10(7-18)11(9-19)14-12(16)5-4-6-13(14)17/h4-6,10-11H,8-9H2,1-3H3/t10-,11-/m1/s1. The second kappa shape index (κ2) is 4.90. The lowest BCUT2D eigenvalue weighted by Gasteiger charge is -2.31. The van der Waals surface area contributed by atoms with E-state index in [4.69, 9.17) is 0 Å². The Morgan fingerprint density at radius 2 is 1.79 bits per heavy atom. The molecule has 0 N–H and O–H groups in total. The molecule has 0 bridgehead atoms. The van der Waals surface area contributed by atoms with Gasteiger partial charge >= 0.3 is 0 Å². The summed E-state index contributed by atoms with van der Waals surface area (Å²) in [5, 5.41) is 9.24. The van der Waals surface area contributed by atoms with E-state index in [0.717, 1.165) is 0 Å². The zero-order valence-electron chi connectivity index (χ0n) is 11.5. The van der Waals surface area contributed by atoms with Gasteiger partial charge in [0.15, 0.2) is 0 Å². The maximum atomic E-state index is 13.9. The minimum absolute atomic E-state index is 0.0563. The van der Waals surface area contributed by atoms with Gasteiger partial charge < -0.3 is 0 Å². The third-order valence-corrected chi connectivity index (χ3v) is 3.80. The fourth-order valence-electron chi connectivity index (χ4n) is 2.64. The molecule has 1 aromatic carbocycles. The van der Waals surface area contributed by atoms with E-state index in [1.807, 2.05) is 20.8 Å². The van der Waals surface area contributed by atoms with E-state index < -0.39 is 17.6 Å². The number of rotatable bonds is 1. The predicted molar refractivity (Wildman–Crippen MR) is 69.5 cm³/mol. The highest BCUT2D eigenvalue weighted by Gasteiger charge is 2.40. The topological polar surface area (TPSA) is 27.0 Å². The van der Waals surface area contributed by atoms with Crippen LogP contribution in [0, 0.1) is 28.9 Å². The second-order valence-corrected chi connectivity index (χ2v) is 6.05. The van der Waals surface area contributed by atoms with Crippen LogP contribution >= 0.6 is 0 Å². The molecule has 0 spiro atoms. The molecule has 102 valence electrons. The maximum absolute atomic E-state index is 13.9. The van der Waals surface area contributed by atoms with E-state index in [1.54, 1.807) is 0 Å². The molecule has 0 amide bonds. The number of nitrogens with zero attached hydrogens (tertiary/aromatic N) is 2. The minimum atomic E-state index is -0.555. The van der Waals surface area contributed by atoms with Gasteiger partial charge in [-0.1, -0.05) is 6.07 Å². The average molecular weight is 264 g/mol. The van der Waals surface area contributed by atoms with Crippen LogP contribution in [0.3, 0.4) is 0 Å². The number of hydrogen-bond donors (Lipinski definition) is 0. The van der Waals surface area contributed by atoms with E-state index in [9.17, 15) is 14.0 Å². The summed E-state index contributed by atoms with van der Waals surface area (Å²) in [6.45, 7) is 7.20. The van der Waals surface area contributed by atoms with Crippen molar-refractivity contribution >= 4 is 0 Å². The van der Waals surface area contributed by atoms with Gasteiger partial charge in [0.1, 0.15) is 11.6 Å². The summed E-state index contributed by atoms with van der Waals surface area (Å²) in [7, 11) is 0. The van der Waals surface area contributed by atoms with Gasteiger partial charge in [0, 0.05) is 30.1 Å². The van der Waals surface area contributed by atoms with E-state index in [1.165, 1.54) is 18.2 Å². The number of nitriles is 1. The Hall–Kier alpha value is -1.47. The van der Waals surface area contributed by atoms with Crippen molar-refractivity contribution in [3.05, 3.63) is 35.4 Å². The first-order valence-corrected chi connectivity index (χ1v) is 6.43. The number of likely N-dealkylation sites (tertiary alicyclic amines) is 1. The zero-order chi connectivity index (χ0) is 14.2. The van der Waals surface area contributed by atoms with Gasteiger partial charge in [0.05, 0.1) is 12.0 Å². The summed E-state index contributed by atoms with van der Waals surface area (Å²) >= 11 is 0. The number of hydrogen-bond acceptors (Lipinski definition) is 2. The molecule has 1 aliphatic rings. The van der Waals surface area contributed by atoms with Crippen molar-refractivity contribution in [3.8, 4) is 6.07 Å². The van der Waals surface area contributed by atoms with Gasteiger partial charge in [0.2, 0.25) is 0 Å². The van der Waals surface area contributed by atoms with Gasteiger partial charge in [0.25, 0.3) is 0 Å². The average Bonchev–Trinajstić information content (AvgIpc) is 2.72. The summed E-state index contributed by atoms with van der Waals surface area (Å²) in [5.74, 6) is -1.88. The van der Waals surface area contributed by atoms with Crippen LogP contribution in [-0.4, -0.2) is 23.5 Å². The Morgan fingerprint density at radius 1 is 1.21 bits per heavy atom. The molecule has 1 aliphatic heterocycles. The third kappa shape index (κ3) is 2.62. The number of halogens is 2. The van der Waals surface area contributed by atoms with Crippen molar-refractivity contribution in [2.24, 2.45) is 5.92 Å². The molecule has 0 aromatic heterocycles. The van der Waals surface area contributed by atoms with Crippen molar-refractivity contribution < 1.29 is 8.78 Å². The summed E-state index contributed by atoms with van der Waals surface area (Å²) in [4.78, 5) is 2.11. The highest BCUT2D eigenvalue weighted by molar-refractivity contribution is 5.28. The Balaban J connectivity index is 2.37. The maximum Gasteiger partial charge on any atom is 0.129 e. The molecule has 0 saturated carbocycles.